The van der Waals surface area contributed by atoms with Gasteiger partial charge in [0.15, 0.2) is 11.5 Å². The molecule has 13 heteroatoms. The first kappa shape index (κ1) is 38.4. The van der Waals surface area contributed by atoms with E-state index < -0.39 is 34.4 Å². The van der Waals surface area contributed by atoms with E-state index in [2.05, 4.69) is 5.32 Å². The van der Waals surface area contributed by atoms with Crippen molar-refractivity contribution in [3.05, 3.63) is 112 Å². The number of benzene rings is 4. The number of carbonyl (C=O) groups is 2. The molecule has 0 bridgehead atoms. The van der Waals surface area contributed by atoms with Crippen LogP contribution < -0.4 is 23.8 Å². The molecule has 0 aliphatic rings. The van der Waals surface area contributed by atoms with Crippen LogP contribution in [0, 0.1) is 0 Å². The molecule has 0 saturated heterocycles. The van der Waals surface area contributed by atoms with Crippen LogP contribution in [-0.4, -0.2) is 64.6 Å². The number of halogens is 2. The Morgan fingerprint density at radius 3 is 2.10 bits per heavy atom. The third-order valence-corrected chi connectivity index (χ3v) is 10.2. The quantitative estimate of drug-likeness (QED) is 0.135. The lowest BCUT2D eigenvalue weighted by molar-refractivity contribution is -0.140. The molecule has 4 aromatic rings. The standard InChI is InChI=1S/C37H41Cl2N3O7S/c1-6-49-29-15-13-28(14-16-29)42(50(45,46)30-17-19-34(47-4)35(22-30)48-5)24-36(43)41(23-27-12-18-31(38)32(39)20-27)33(37(44)40-25(2)3)21-26-10-8-7-9-11-26/h7-20,22,25,33H,6,21,23-24H2,1-5H3,(H,40,44). The number of sulfonamides is 1. The van der Waals surface area contributed by atoms with Crippen molar-refractivity contribution in [2.24, 2.45) is 0 Å². The highest BCUT2D eigenvalue weighted by molar-refractivity contribution is 7.92. The monoisotopic (exact) mass is 741 g/mol. The number of hydrogen-bond acceptors (Lipinski definition) is 7. The summed E-state index contributed by atoms with van der Waals surface area (Å²) in [5, 5.41) is 3.54. The zero-order valence-electron chi connectivity index (χ0n) is 28.6. The van der Waals surface area contributed by atoms with E-state index in [9.17, 15) is 18.0 Å². The molecule has 50 heavy (non-hydrogen) atoms. The summed E-state index contributed by atoms with van der Waals surface area (Å²) >= 11 is 12.6. The minimum Gasteiger partial charge on any atom is -0.494 e. The van der Waals surface area contributed by atoms with E-state index in [0.717, 1.165) is 9.87 Å². The van der Waals surface area contributed by atoms with Gasteiger partial charge >= 0.3 is 0 Å². The molecule has 0 heterocycles. The van der Waals surface area contributed by atoms with Gasteiger partial charge in [-0.2, -0.15) is 0 Å². The van der Waals surface area contributed by atoms with Gasteiger partial charge < -0.3 is 24.4 Å². The average molecular weight is 743 g/mol. The van der Waals surface area contributed by atoms with E-state index in [1.165, 1.54) is 37.3 Å². The van der Waals surface area contributed by atoms with Crippen molar-refractivity contribution in [3.8, 4) is 17.2 Å². The SMILES string of the molecule is CCOc1ccc(N(CC(=O)N(Cc2ccc(Cl)c(Cl)c2)C(Cc2ccccc2)C(=O)NC(C)C)S(=O)(=O)c2ccc(OC)c(OC)c2)cc1. The number of ether oxygens (including phenoxy) is 3. The van der Waals surface area contributed by atoms with Crippen LogP contribution in [0.15, 0.2) is 95.9 Å². The minimum atomic E-state index is -4.40. The molecule has 0 aromatic heterocycles. The zero-order chi connectivity index (χ0) is 36.4. The maximum absolute atomic E-state index is 14.7. The summed E-state index contributed by atoms with van der Waals surface area (Å²) in [5.74, 6) is 0.0333. The Hall–Kier alpha value is -4.45. The van der Waals surface area contributed by atoms with Crippen LogP contribution in [0.2, 0.25) is 10.0 Å². The second kappa shape index (κ2) is 17.5. The highest BCUT2D eigenvalue weighted by Crippen LogP contribution is 2.33. The van der Waals surface area contributed by atoms with Crippen molar-refractivity contribution in [1.82, 2.24) is 10.2 Å². The van der Waals surface area contributed by atoms with Crippen molar-refractivity contribution >= 4 is 50.7 Å². The Labute approximate surface area is 303 Å². The lowest BCUT2D eigenvalue weighted by Crippen LogP contribution is -2.54. The number of nitrogens with one attached hydrogen (secondary N) is 1. The molecule has 1 unspecified atom stereocenters. The fourth-order valence-corrected chi connectivity index (χ4v) is 7.03. The van der Waals surface area contributed by atoms with Crippen molar-refractivity contribution in [2.45, 2.75) is 50.7 Å². The molecule has 2 amide bonds. The first-order chi connectivity index (χ1) is 23.9. The predicted molar refractivity (Wildman–Crippen MR) is 196 cm³/mol. The molecular formula is C37H41Cl2N3O7S. The van der Waals surface area contributed by atoms with Gasteiger partial charge in [0.05, 0.1) is 41.5 Å². The smallest absolute Gasteiger partial charge is 0.264 e. The van der Waals surface area contributed by atoms with Gasteiger partial charge in [-0.15, -0.1) is 0 Å². The predicted octanol–water partition coefficient (Wildman–Crippen LogP) is 6.77. The van der Waals surface area contributed by atoms with Gasteiger partial charge in [-0.25, -0.2) is 8.42 Å². The Bertz CT molecular complexity index is 1870. The van der Waals surface area contributed by atoms with Crippen molar-refractivity contribution in [3.63, 3.8) is 0 Å². The Balaban J connectivity index is 1.85. The van der Waals surface area contributed by atoms with Gasteiger partial charge in [0.2, 0.25) is 11.8 Å². The maximum Gasteiger partial charge on any atom is 0.264 e. The maximum atomic E-state index is 14.7. The molecule has 1 N–H and O–H groups in total. The number of nitrogens with zero attached hydrogens (tertiary/aromatic N) is 2. The van der Waals surface area contributed by atoms with Crippen LogP contribution >= 0.6 is 23.2 Å². The molecule has 0 aliphatic heterocycles. The van der Waals surface area contributed by atoms with Gasteiger partial charge in [-0.1, -0.05) is 59.6 Å². The summed E-state index contributed by atoms with van der Waals surface area (Å²) < 4.78 is 46.2. The third-order valence-electron chi connectivity index (χ3n) is 7.70. The van der Waals surface area contributed by atoms with Gasteiger partial charge in [0, 0.05) is 25.1 Å². The van der Waals surface area contributed by atoms with Crippen LogP contribution in [0.4, 0.5) is 5.69 Å². The Morgan fingerprint density at radius 1 is 0.820 bits per heavy atom. The van der Waals surface area contributed by atoms with Gasteiger partial charge in [0.1, 0.15) is 18.3 Å². The van der Waals surface area contributed by atoms with Crippen molar-refractivity contribution in [2.75, 3.05) is 31.7 Å². The first-order valence-electron chi connectivity index (χ1n) is 15.9. The fraction of sp³-hybridized carbons (Fsp3) is 0.297. The second-order valence-corrected chi connectivity index (χ2v) is 14.3. The van der Waals surface area contributed by atoms with E-state index in [0.29, 0.717) is 28.7 Å². The number of methoxy groups -OCH3 is 2. The largest absolute Gasteiger partial charge is 0.494 e. The second-order valence-electron chi connectivity index (χ2n) is 11.6. The lowest BCUT2D eigenvalue weighted by atomic mass is 10.0. The van der Waals surface area contributed by atoms with Crippen molar-refractivity contribution in [1.29, 1.82) is 0 Å². The highest BCUT2D eigenvalue weighted by Gasteiger charge is 2.35. The average Bonchev–Trinajstić information content (AvgIpc) is 3.10. The molecule has 0 aliphatic carbocycles. The number of amides is 2. The van der Waals surface area contributed by atoms with E-state index in [1.54, 1.807) is 42.5 Å². The third kappa shape index (κ3) is 9.62. The summed E-state index contributed by atoms with van der Waals surface area (Å²) in [5.41, 5.74) is 1.61. The fourth-order valence-electron chi connectivity index (χ4n) is 5.28. The molecule has 0 saturated carbocycles. The molecule has 10 nitrogen and oxygen atoms in total. The molecule has 0 spiro atoms. The lowest BCUT2D eigenvalue weighted by Gasteiger charge is -2.34. The summed E-state index contributed by atoms with van der Waals surface area (Å²) in [6, 6.07) is 23.5. The van der Waals surface area contributed by atoms with Crippen LogP contribution in [0.1, 0.15) is 31.9 Å². The van der Waals surface area contributed by atoms with E-state index >= 15 is 0 Å². The first-order valence-corrected chi connectivity index (χ1v) is 18.1. The Morgan fingerprint density at radius 2 is 1.50 bits per heavy atom. The summed E-state index contributed by atoms with van der Waals surface area (Å²) in [4.78, 5) is 29.8. The van der Waals surface area contributed by atoms with Crippen LogP contribution in [0.3, 0.4) is 0 Å². The van der Waals surface area contributed by atoms with Crippen LogP contribution in [-0.2, 0) is 32.6 Å². The number of anilines is 1. The van der Waals surface area contributed by atoms with Crippen LogP contribution in [0.25, 0.3) is 0 Å². The molecule has 0 fully saturated rings. The molecular weight excluding hydrogens is 701 g/mol. The minimum absolute atomic E-state index is 0.0632. The number of rotatable bonds is 16. The van der Waals surface area contributed by atoms with Gasteiger partial charge in [0.25, 0.3) is 10.0 Å². The zero-order valence-corrected chi connectivity index (χ0v) is 30.9. The molecule has 4 aromatic carbocycles. The molecule has 4 rings (SSSR count). The topological polar surface area (TPSA) is 114 Å². The summed E-state index contributed by atoms with van der Waals surface area (Å²) in [7, 11) is -1.56. The molecule has 0 radical (unpaired) electrons. The molecule has 1 atom stereocenters. The number of hydrogen-bond donors (Lipinski definition) is 1. The van der Waals surface area contributed by atoms with Gasteiger partial charge in [-0.3, -0.25) is 13.9 Å². The summed E-state index contributed by atoms with van der Waals surface area (Å²) in [6.07, 6.45) is 0.165. The van der Waals surface area contributed by atoms with E-state index in [-0.39, 0.29) is 40.4 Å². The number of carbonyl (C=O) groups excluding carboxylic acids is 2. The van der Waals surface area contributed by atoms with Gasteiger partial charge in [-0.05, 0) is 80.4 Å². The summed E-state index contributed by atoms with van der Waals surface area (Å²) in [6.45, 7) is 5.19. The van der Waals surface area contributed by atoms with E-state index in [4.69, 9.17) is 37.4 Å². The highest BCUT2D eigenvalue weighted by atomic mass is 35.5. The van der Waals surface area contributed by atoms with Crippen LogP contribution in [0.5, 0.6) is 17.2 Å². The Kier molecular flexibility index (Phi) is 13.4. The molecule has 266 valence electrons. The van der Waals surface area contributed by atoms with Crippen molar-refractivity contribution < 1.29 is 32.2 Å². The van der Waals surface area contributed by atoms with E-state index in [1.807, 2.05) is 51.1 Å². The normalized spacial score (nSPS) is 11.8.